The lowest BCUT2D eigenvalue weighted by Crippen LogP contribution is -2.32. The first-order chi connectivity index (χ1) is 12.7. The molecule has 136 valence electrons. The molecule has 5 nitrogen and oxygen atoms in total. The summed E-state index contributed by atoms with van der Waals surface area (Å²) in [6.07, 6.45) is 8.67. The fourth-order valence-electron chi connectivity index (χ4n) is 2.96. The number of hydrogen-bond donors (Lipinski definition) is 0. The normalized spacial score (nSPS) is 12.3. The van der Waals surface area contributed by atoms with Gasteiger partial charge in [-0.25, -0.2) is 4.98 Å². The third-order valence-corrected chi connectivity index (χ3v) is 4.76. The minimum Gasteiger partial charge on any atom is -0.497 e. The molecule has 0 saturated heterocycles. The topological polar surface area (TPSA) is 43.2 Å². The highest BCUT2D eigenvalue weighted by atomic mass is 16.5. The van der Waals surface area contributed by atoms with E-state index in [2.05, 4.69) is 57.5 Å². The number of aromatic nitrogens is 3. The molecule has 0 radical (unpaired) electrons. The van der Waals surface area contributed by atoms with E-state index < -0.39 is 0 Å². The van der Waals surface area contributed by atoms with Crippen molar-refractivity contribution in [1.82, 2.24) is 19.4 Å². The predicted molar refractivity (Wildman–Crippen MR) is 103 cm³/mol. The maximum Gasteiger partial charge on any atom is 0.127 e. The quantitative estimate of drug-likeness (QED) is 0.614. The van der Waals surface area contributed by atoms with Crippen LogP contribution in [0.5, 0.6) is 5.75 Å². The van der Waals surface area contributed by atoms with Crippen LogP contribution < -0.4 is 4.74 Å². The van der Waals surface area contributed by atoms with Crippen LogP contribution in [-0.4, -0.2) is 32.6 Å². The van der Waals surface area contributed by atoms with Crippen molar-refractivity contribution in [3.8, 4) is 11.4 Å². The lowest BCUT2D eigenvalue weighted by Gasteiger charge is -2.28. The number of benzene rings is 1. The van der Waals surface area contributed by atoms with E-state index >= 15 is 0 Å². The molecule has 5 heteroatoms. The number of methoxy groups -OCH3 is 1. The van der Waals surface area contributed by atoms with Crippen LogP contribution in [0.1, 0.15) is 31.7 Å². The molecule has 0 aliphatic carbocycles. The molecule has 0 N–H and O–H groups in total. The first-order valence-electron chi connectivity index (χ1n) is 9.01. The van der Waals surface area contributed by atoms with Crippen LogP contribution in [0, 0.1) is 0 Å². The lowest BCUT2D eigenvalue weighted by atomic mass is 10.1. The molecule has 0 fully saturated rings. The summed E-state index contributed by atoms with van der Waals surface area (Å²) >= 11 is 0. The molecule has 0 aliphatic rings. The zero-order valence-electron chi connectivity index (χ0n) is 15.7. The highest BCUT2D eigenvalue weighted by molar-refractivity contribution is 5.38. The molecule has 3 aromatic rings. The molecule has 0 spiro atoms. The molecular weight excluding hydrogens is 324 g/mol. The number of rotatable bonds is 8. The van der Waals surface area contributed by atoms with Crippen molar-refractivity contribution < 1.29 is 4.74 Å². The number of hydrogen-bond acceptors (Lipinski definition) is 4. The summed E-state index contributed by atoms with van der Waals surface area (Å²) in [5, 5.41) is 0. The third kappa shape index (κ3) is 4.29. The van der Waals surface area contributed by atoms with Crippen molar-refractivity contribution in [2.45, 2.75) is 39.4 Å². The predicted octanol–water partition coefficient (Wildman–Crippen LogP) is 4.08. The molecule has 3 rings (SSSR count). The van der Waals surface area contributed by atoms with Crippen LogP contribution >= 0.6 is 0 Å². The second kappa shape index (κ2) is 8.63. The maximum atomic E-state index is 5.26. The Morgan fingerprint density at radius 3 is 2.42 bits per heavy atom. The molecule has 0 unspecified atom stereocenters. The van der Waals surface area contributed by atoms with Gasteiger partial charge in [0, 0.05) is 43.1 Å². The molecular formula is C21H26N4O. The van der Waals surface area contributed by atoms with Crippen LogP contribution in [0.4, 0.5) is 0 Å². The van der Waals surface area contributed by atoms with E-state index in [4.69, 9.17) is 4.74 Å². The van der Waals surface area contributed by atoms with Crippen molar-refractivity contribution in [3.63, 3.8) is 0 Å². The monoisotopic (exact) mass is 350 g/mol. The molecule has 1 atom stereocenters. The van der Waals surface area contributed by atoms with E-state index in [1.807, 2.05) is 36.9 Å². The zero-order chi connectivity index (χ0) is 18.4. The molecule has 2 aromatic heterocycles. The second-order valence-electron chi connectivity index (χ2n) is 6.43. The third-order valence-electron chi connectivity index (χ3n) is 4.76. The molecule has 26 heavy (non-hydrogen) atoms. The van der Waals surface area contributed by atoms with Crippen LogP contribution in [0.15, 0.2) is 61.2 Å². The van der Waals surface area contributed by atoms with E-state index in [-0.39, 0.29) is 0 Å². The Hall–Kier alpha value is -2.66. The Labute approximate surface area is 155 Å². The minimum atomic E-state index is 0.462. The summed E-state index contributed by atoms with van der Waals surface area (Å²) < 4.78 is 7.40. The number of nitrogens with zero attached hydrogens (tertiary/aromatic N) is 4. The Kier molecular flexibility index (Phi) is 6.02. The average Bonchev–Trinajstić information content (AvgIpc) is 3.16. The highest BCUT2D eigenvalue weighted by Crippen LogP contribution is 2.19. The van der Waals surface area contributed by atoms with Crippen LogP contribution in [0.3, 0.4) is 0 Å². The highest BCUT2D eigenvalue weighted by Gasteiger charge is 2.16. The Balaban J connectivity index is 1.82. The summed E-state index contributed by atoms with van der Waals surface area (Å²) in [7, 11) is 1.68. The van der Waals surface area contributed by atoms with Gasteiger partial charge in [-0.3, -0.25) is 9.88 Å². The molecule has 0 amide bonds. The summed E-state index contributed by atoms with van der Waals surface area (Å²) in [6, 6.07) is 12.7. The molecule has 0 aliphatic heterocycles. The van der Waals surface area contributed by atoms with Crippen molar-refractivity contribution in [2.24, 2.45) is 0 Å². The van der Waals surface area contributed by atoms with Crippen molar-refractivity contribution in [2.75, 3.05) is 7.11 Å². The standard InChI is InChI=1S/C21H26N4O/c1-4-17(2)24(15-18-9-11-22-12-10-18)16-21-23-13-14-25(21)19-5-7-20(26-3)8-6-19/h5-14,17H,4,15-16H2,1-3H3/t17-/m0/s1. The summed E-state index contributed by atoms with van der Waals surface area (Å²) in [4.78, 5) is 11.2. The van der Waals surface area contributed by atoms with Gasteiger partial charge in [0.2, 0.25) is 0 Å². The zero-order valence-corrected chi connectivity index (χ0v) is 15.7. The van der Waals surface area contributed by atoms with Gasteiger partial charge in [-0.05, 0) is 55.3 Å². The maximum absolute atomic E-state index is 5.26. The minimum absolute atomic E-state index is 0.462. The first kappa shape index (κ1) is 18.1. The van der Waals surface area contributed by atoms with E-state index in [9.17, 15) is 0 Å². The van der Waals surface area contributed by atoms with E-state index in [1.165, 1.54) is 5.56 Å². The van der Waals surface area contributed by atoms with Gasteiger partial charge in [-0.1, -0.05) is 6.92 Å². The summed E-state index contributed by atoms with van der Waals surface area (Å²) in [5.41, 5.74) is 2.36. The molecule has 2 heterocycles. The Morgan fingerprint density at radius 2 is 1.77 bits per heavy atom. The fraction of sp³-hybridized carbons (Fsp3) is 0.333. The average molecular weight is 350 g/mol. The van der Waals surface area contributed by atoms with Gasteiger partial charge in [0.05, 0.1) is 13.7 Å². The van der Waals surface area contributed by atoms with Crippen molar-refractivity contribution in [1.29, 1.82) is 0 Å². The van der Waals surface area contributed by atoms with Gasteiger partial charge in [-0.2, -0.15) is 0 Å². The van der Waals surface area contributed by atoms with Crippen LogP contribution in [-0.2, 0) is 13.1 Å². The van der Waals surface area contributed by atoms with Gasteiger partial charge < -0.3 is 9.30 Å². The van der Waals surface area contributed by atoms with Crippen LogP contribution in [0.2, 0.25) is 0 Å². The van der Waals surface area contributed by atoms with Gasteiger partial charge in [-0.15, -0.1) is 0 Å². The van der Waals surface area contributed by atoms with Gasteiger partial charge in [0.25, 0.3) is 0 Å². The van der Waals surface area contributed by atoms with Gasteiger partial charge >= 0.3 is 0 Å². The SMILES string of the molecule is CC[C@H](C)N(Cc1ccncc1)Cc1nccn1-c1ccc(OC)cc1. The van der Waals surface area contributed by atoms with Gasteiger partial charge in [0.1, 0.15) is 11.6 Å². The lowest BCUT2D eigenvalue weighted by molar-refractivity contribution is 0.180. The number of pyridine rings is 1. The molecule has 0 saturated carbocycles. The number of ether oxygens (including phenoxy) is 1. The van der Waals surface area contributed by atoms with E-state index in [0.717, 1.165) is 36.8 Å². The van der Waals surface area contributed by atoms with Crippen LogP contribution in [0.25, 0.3) is 5.69 Å². The largest absolute Gasteiger partial charge is 0.497 e. The van der Waals surface area contributed by atoms with Gasteiger partial charge in [0.15, 0.2) is 0 Å². The molecule has 0 bridgehead atoms. The summed E-state index contributed by atoms with van der Waals surface area (Å²) in [5.74, 6) is 1.89. The smallest absolute Gasteiger partial charge is 0.127 e. The van der Waals surface area contributed by atoms with E-state index in [0.29, 0.717) is 6.04 Å². The van der Waals surface area contributed by atoms with Crippen molar-refractivity contribution >= 4 is 0 Å². The van der Waals surface area contributed by atoms with Crippen molar-refractivity contribution in [3.05, 3.63) is 72.6 Å². The second-order valence-corrected chi connectivity index (χ2v) is 6.43. The number of imidazole rings is 1. The fourth-order valence-corrected chi connectivity index (χ4v) is 2.96. The van der Waals surface area contributed by atoms with E-state index in [1.54, 1.807) is 7.11 Å². The molecule has 1 aromatic carbocycles. The first-order valence-corrected chi connectivity index (χ1v) is 9.01. The Bertz CT molecular complexity index is 798. The Morgan fingerprint density at radius 1 is 1.04 bits per heavy atom. The summed E-state index contributed by atoms with van der Waals surface area (Å²) in [6.45, 7) is 6.16.